The Balaban J connectivity index is 2.13. The van der Waals surface area contributed by atoms with Crippen molar-refractivity contribution in [1.82, 2.24) is 10.2 Å². The lowest BCUT2D eigenvalue weighted by molar-refractivity contribution is 0.0632. The second kappa shape index (κ2) is 6.03. The molecular formula is C13H13BrClN3O3. The van der Waals surface area contributed by atoms with Gasteiger partial charge in [-0.15, -0.1) is 5.10 Å². The zero-order chi connectivity index (χ0) is 15.6. The molecule has 6 nitrogen and oxygen atoms in total. The molecule has 2 aromatic rings. The van der Waals surface area contributed by atoms with Gasteiger partial charge in [-0.2, -0.15) is 0 Å². The first-order valence-corrected chi connectivity index (χ1v) is 7.20. The molecule has 1 N–H and O–H groups in total. The number of aromatic nitrogens is 2. The van der Waals surface area contributed by atoms with E-state index in [0.29, 0.717) is 10.6 Å². The van der Waals surface area contributed by atoms with Gasteiger partial charge in [0.05, 0.1) is 10.6 Å². The first-order valence-electron chi connectivity index (χ1n) is 6.03. The maximum Gasteiger partial charge on any atom is 0.415 e. The normalized spacial score (nSPS) is 11.3. The van der Waals surface area contributed by atoms with Crippen molar-refractivity contribution in [2.24, 2.45) is 0 Å². The minimum Gasteiger partial charge on any atom is -0.443 e. The summed E-state index contributed by atoms with van der Waals surface area (Å²) in [7, 11) is 0. The Labute approximate surface area is 135 Å². The molecule has 1 aromatic carbocycles. The second-order valence-electron chi connectivity index (χ2n) is 5.16. The van der Waals surface area contributed by atoms with Gasteiger partial charge in [-0.3, -0.25) is 0 Å². The van der Waals surface area contributed by atoms with Gasteiger partial charge in [0.25, 0.3) is 5.89 Å². The molecule has 1 heterocycles. The fraction of sp³-hybridized carbons (Fsp3) is 0.308. The van der Waals surface area contributed by atoms with Gasteiger partial charge in [0.15, 0.2) is 0 Å². The number of carbonyl (C=O) groups is 1. The third kappa shape index (κ3) is 4.44. The van der Waals surface area contributed by atoms with E-state index < -0.39 is 11.7 Å². The standard InChI is InChI=1S/C13H13BrClN3O3/c1-13(2,3)21-12(19)16-11-18-17-10(20-11)8-5-4-7(14)6-9(8)15/h4-6H,1-3H3,(H,16,18,19). The predicted octanol–water partition coefficient (Wildman–Crippen LogP) is 4.50. The highest BCUT2D eigenvalue weighted by Gasteiger charge is 2.19. The highest BCUT2D eigenvalue weighted by atomic mass is 79.9. The number of rotatable bonds is 2. The number of halogens is 2. The van der Waals surface area contributed by atoms with Crippen molar-refractivity contribution < 1.29 is 13.9 Å². The van der Waals surface area contributed by atoms with Crippen molar-refractivity contribution in [3.63, 3.8) is 0 Å². The van der Waals surface area contributed by atoms with Gasteiger partial charge < -0.3 is 9.15 Å². The third-order valence-corrected chi connectivity index (χ3v) is 3.00. The van der Waals surface area contributed by atoms with Crippen LogP contribution in [0.3, 0.4) is 0 Å². The molecule has 0 fully saturated rings. The Morgan fingerprint density at radius 2 is 2.10 bits per heavy atom. The predicted molar refractivity (Wildman–Crippen MR) is 82.3 cm³/mol. The van der Waals surface area contributed by atoms with Gasteiger partial charge in [-0.1, -0.05) is 32.6 Å². The van der Waals surface area contributed by atoms with Crippen molar-refractivity contribution in [2.75, 3.05) is 5.32 Å². The first-order chi connectivity index (χ1) is 9.74. The van der Waals surface area contributed by atoms with Gasteiger partial charge in [-0.25, -0.2) is 10.1 Å². The number of carbonyl (C=O) groups excluding carboxylic acids is 1. The summed E-state index contributed by atoms with van der Waals surface area (Å²) >= 11 is 9.41. The molecule has 2 rings (SSSR count). The maximum absolute atomic E-state index is 11.6. The molecule has 0 aliphatic heterocycles. The van der Waals surface area contributed by atoms with E-state index in [1.54, 1.807) is 39.0 Å². The van der Waals surface area contributed by atoms with Crippen molar-refractivity contribution >= 4 is 39.6 Å². The fourth-order valence-electron chi connectivity index (χ4n) is 1.44. The molecule has 112 valence electrons. The van der Waals surface area contributed by atoms with Gasteiger partial charge in [-0.05, 0) is 39.0 Å². The number of hydrogen-bond acceptors (Lipinski definition) is 5. The average molecular weight is 375 g/mol. The van der Waals surface area contributed by atoms with E-state index in [0.717, 1.165) is 4.47 Å². The van der Waals surface area contributed by atoms with Crippen molar-refractivity contribution in [3.8, 4) is 11.5 Å². The summed E-state index contributed by atoms with van der Waals surface area (Å²) in [5.74, 6) is 0.207. The lowest BCUT2D eigenvalue weighted by atomic mass is 10.2. The highest BCUT2D eigenvalue weighted by molar-refractivity contribution is 9.10. The highest BCUT2D eigenvalue weighted by Crippen LogP contribution is 2.30. The van der Waals surface area contributed by atoms with Crippen molar-refractivity contribution in [2.45, 2.75) is 26.4 Å². The third-order valence-electron chi connectivity index (χ3n) is 2.19. The van der Waals surface area contributed by atoms with Gasteiger partial charge >= 0.3 is 12.1 Å². The quantitative estimate of drug-likeness (QED) is 0.837. The zero-order valence-electron chi connectivity index (χ0n) is 11.6. The van der Waals surface area contributed by atoms with Crippen LogP contribution in [0.15, 0.2) is 27.1 Å². The lowest BCUT2D eigenvalue weighted by Crippen LogP contribution is -2.27. The Bertz CT molecular complexity index is 667. The molecule has 0 aliphatic carbocycles. The van der Waals surface area contributed by atoms with E-state index in [4.69, 9.17) is 20.8 Å². The number of ether oxygens (including phenoxy) is 1. The molecule has 1 aromatic heterocycles. The van der Waals surface area contributed by atoms with Crippen LogP contribution in [0, 0.1) is 0 Å². The molecule has 0 spiro atoms. The number of anilines is 1. The van der Waals surface area contributed by atoms with E-state index in [1.807, 2.05) is 0 Å². The average Bonchev–Trinajstić information content (AvgIpc) is 2.74. The van der Waals surface area contributed by atoms with Crippen molar-refractivity contribution in [1.29, 1.82) is 0 Å². The van der Waals surface area contributed by atoms with Crippen LogP contribution in [-0.2, 0) is 4.74 Å². The second-order valence-corrected chi connectivity index (χ2v) is 6.49. The van der Waals surface area contributed by atoms with Crippen LogP contribution in [0.4, 0.5) is 10.8 Å². The maximum atomic E-state index is 11.6. The molecule has 0 aliphatic rings. The number of nitrogens with zero attached hydrogens (tertiary/aromatic N) is 2. The smallest absolute Gasteiger partial charge is 0.415 e. The molecule has 0 saturated heterocycles. The lowest BCUT2D eigenvalue weighted by Gasteiger charge is -2.18. The van der Waals surface area contributed by atoms with E-state index in [2.05, 4.69) is 31.4 Å². The summed E-state index contributed by atoms with van der Waals surface area (Å²) in [6, 6.07) is 5.18. The molecule has 0 bridgehead atoms. The van der Waals surface area contributed by atoms with Crippen LogP contribution in [-0.4, -0.2) is 21.9 Å². The molecule has 1 amide bonds. The van der Waals surface area contributed by atoms with Crippen LogP contribution >= 0.6 is 27.5 Å². The van der Waals surface area contributed by atoms with Crippen LogP contribution in [0.5, 0.6) is 0 Å². The molecule has 0 radical (unpaired) electrons. The van der Waals surface area contributed by atoms with E-state index in [9.17, 15) is 4.79 Å². The summed E-state index contributed by atoms with van der Waals surface area (Å²) in [5, 5.41) is 10.4. The first kappa shape index (κ1) is 15.8. The minimum absolute atomic E-state index is 0.0572. The molecule has 21 heavy (non-hydrogen) atoms. The zero-order valence-corrected chi connectivity index (χ0v) is 13.9. The van der Waals surface area contributed by atoms with Crippen molar-refractivity contribution in [3.05, 3.63) is 27.7 Å². The molecule has 0 unspecified atom stereocenters. The number of hydrogen-bond donors (Lipinski definition) is 1. The van der Waals surface area contributed by atoms with E-state index >= 15 is 0 Å². The summed E-state index contributed by atoms with van der Waals surface area (Å²) in [4.78, 5) is 11.6. The van der Waals surface area contributed by atoms with Crippen LogP contribution < -0.4 is 5.32 Å². The Kier molecular flexibility index (Phi) is 4.53. The summed E-state index contributed by atoms with van der Waals surface area (Å²) in [6.45, 7) is 5.27. The molecule has 8 heteroatoms. The summed E-state index contributed by atoms with van der Waals surface area (Å²) in [5.41, 5.74) is -0.0355. The summed E-state index contributed by atoms with van der Waals surface area (Å²) < 4.78 is 11.3. The summed E-state index contributed by atoms with van der Waals surface area (Å²) in [6.07, 6.45) is -0.667. The van der Waals surface area contributed by atoms with E-state index in [-0.39, 0.29) is 11.9 Å². The Morgan fingerprint density at radius 3 is 2.71 bits per heavy atom. The Morgan fingerprint density at radius 1 is 1.38 bits per heavy atom. The molecular weight excluding hydrogens is 362 g/mol. The van der Waals surface area contributed by atoms with Crippen LogP contribution in [0.2, 0.25) is 5.02 Å². The topological polar surface area (TPSA) is 77.2 Å². The van der Waals surface area contributed by atoms with E-state index in [1.165, 1.54) is 0 Å². The molecule has 0 saturated carbocycles. The van der Waals surface area contributed by atoms with Gasteiger partial charge in [0, 0.05) is 4.47 Å². The number of nitrogens with one attached hydrogen (secondary N) is 1. The monoisotopic (exact) mass is 373 g/mol. The number of benzene rings is 1. The largest absolute Gasteiger partial charge is 0.443 e. The SMILES string of the molecule is CC(C)(C)OC(=O)Nc1nnc(-c2ccc(Br)cc2Cl)o1. The van der Waals surface area contributed by atoms with Crippen LogP contribution in [0.25, 0.3) is 11.5 Å². The van der Waals surface area contributed by atoms with Gasteiger partial charge in [0.1, 0.15) is 5.60 Å². The number of amides is 1. The minimum atomic E-state index is -0.667. The van der Waals surface area contributed by atoms with Gasteiger partial charge in [0.2, 0.25) is 0 Å². The molecule has 0 atom stereocenters. The Hall–Kier alpha value is -1.60. The van der Waals surface area contributed by atoms with Crippen LogP contribution in [0.1, 0.15) is 20.8 Å². The fourth-order valence-corrected chi connectivity index (χ4v) is 2.19.